The van der Waals surface area contributed by atoms with Crippen LogP contribution in [0.15, 0.2) is 0 Å². The molecule has 0 aromatic rings. The molecule has 0 rings (SSSR count). The van der Waals surface area contributed by atoms with Crippen molar-refractivity contribution in [2.75, 3.05) is 6.61 Å². The van der Waals surface area contributed by atoms with E-state index in [1.165, 1.54) is 0 Å². The lowest BCUT2D eigenvalue weighted by molar-refractivity contribution is -0.147. The first-order chi connectivity index (χ1) is 14.3. The zero-order chi connectivity index (χ0) is 24.3. The Hall–Kier alpha value is -3.26. The summed E-state index contributed by atoms with van der Waals surface area (Å²) < 4.78 is 0. The number of carboxylic acid groups (broad SMARTS) is 2. The lowest BCUT2D eigenvalue weighted by atomic mass is 9.99. The van der Waals surface area contributed by atoms with Crippen molar-refractivity contribution in [3.63, 3.8) is 0 Å². The third-order valence-electron chi connectivity index (χ3n) is 4.41. The van der Waals surface area contributed by atoms with E-state index in [9.17, 15) is 33.9 Å². The molecule has 31 heavy (non-hydrogen) atoms. The maximum Gasteiger partial charge on any atom is 0.326 e. The van der Waals surface area contributed by atoms with E-state index < -0.39 is 79.2 Å². The Morgan fingerprint density at radius 3 is 1.74 bits per heavy atom. The SMILES string of the molecule is CCC(C)C(N)C(=O)NC(CC(N)=O)C(=O)NC(CO)C(=O)NC(CC(=O)O)C(=O)O. The van der Waals surface area contributed by atoms with Gasteiger partial charge in [-0.3, -0.25) is 24.0 Å². The molecule has 0 spiro atoms. The molecule has 0 aliphatic rings. The normalized spacial score (nSPS) is 15.5. The number of nitrogens with one attached hydrogen (secondary N) is 3. The predicted octanol–water partition coefficient (Wildman–Crippen LogP) is -3.76. The van der Waals surface area contributed by atoms with Crippen molar-refractivity contribution < 1.29 is 44.1 Å². The Kier molecular flexibility index (Phi) is 11.7. The van der Waals surface area contributed by atoms with Crippen LogP contribution in [0.3, 0.4) is 0 Å². The van der Waals surface area contributed by atoms with Gasteiger partial charge in [0.25, 0.3) is 0 Å². The summed E-state index contributed by atoms with van der Waals surface area (Å²) in [4.78, 5) is 69.9. The summed E-state index contributed by atoms with van der Waals surface area (Å²) in [6.07, 6.45) is -1.02. The van der Waals surface area contributed by atoms with Gasteiger partial charge in [0.2, 0.25) is 23.6 Å². The van der Waals surface area contributed by atoms with Crippen LogP contribution < -0.4 is 27.4 Å². The number of carbonyl (C=O) groups is 6. The lowest BCUT2D eigenvalue weighted by Gasteiger charge is -2.24. The maximum absolute atomic E-state index is 12.5. The second-order valence-electron chi connectivity index (χ2n) is 6.88. The molecule has 0 aromatic carbocycles. The smallest absolute Gasteiger partial charge is 0.326 e. The first kappa shape index (κ1) is 27.7. The highest BCUT2D eigenvalue weighted by Gasteiger charge is 2.32. The first-order valence-corrected chi connectivity index (χ1v) is 9.34. The molecule has 4 amide bonds. The zero-order valence-electron chi connectivity index (χ0n) is 17.2. The van der Waals surface area contributed by atoms with Crippen molar-refractivity contribution >= 4 is 35.6 Å². The minimum absolute atomic E-state index is 0.240. The van der Waals surface area contributed by atoms with E-state index >= 15 is 0 Å². The van der Waals surface area contributed by atoms with Crippen LogP contribution in [-0.4, -0.2) is 81.7 Å². The standard InChI is InChI=1S/C17H29N5O9/c1-3-7(2)13(19)16(29)20-8(4-11(18)24)14(27)22-10(6-23)15(28)21-9(17(30)31)5-12(25)26/h7-10,13,23H,3-6,19H2,1-2H3,(H2,18,24)(H,20,29)(H,21,28)(H,22,27)(H,25,26)(H,30,31). The molecular weight excluding hydrogens is 418 g/mol. The van der Waals surface area contributed by atoms with E-state index in [1.807, 2.05) is 5.32 Å². The highest BCUT2D eigenvalue weighted by Crippen LogP contribution is 2.06. The fourth-order valence-corrected chi connectivity index (χ4v) is 2.30. The maximum atomic E-state index is 12.5. The van der Waals surface area contributed by atoms with Crippen LogP contribution in [0.1, 0.15) is 33.1 Å². The number of aliphatic hydroxyl groups excluding tert-OH is 1. The van der Waals surface area contributed by atoms with Gasteiger partial charge in [-0.2, -0.15) is 0 Å². The molecule has 0 aliphatic heterocycles. The summed E-state index contributed by atoms with van der Waals surface area (Å²) in [6, 6.07) is -6.02. The van der Waals surface area contributed by atoms with Gasteiger partial charge in [0.15, 0.2) is 0 Å². The van der Waals surface area contributed by atoms with Gasteiger partial charge in [0.05, 0.1) is 25.5 Å². The molecule has 5 atom stereocenters. The Bertz CT molecular complexity index is 699. The van der Waals surface area contributed by atoms with Crippen molar-refractivity contribution in [2.24, 2.45) is 17.4 Å². The quantitative estimate of drug-likeness (QED) is 0.129. The van der Waals surface area contributed by atoms with Gasteiger partial charge in [-0.15, -0.1) is 0 Å². The number of amides is 4. The van der Waals surface area contributed by atoms with Crippen molar-refractivity contribution in [3.8, 4) is 0 Å². The molecule has 0 saturated carbocycles. The van der Waals surface area contributed by atoms with Gasteiger partial charge in [0, 0.05) is 0 Å². The Balaban J connectivity index is 5.32. The second kappa shape index (κ2) is 13.1. The van der Waals surface area contributed by atoms with Crippen molar-refractivity contribution in [3.05, 3.63) is 0 Å². The number of rotatable bonds is 14. The molecule has 0 bridgehead atoms. The minimum atomic E-state index is -1.81. The molecule has 0 aliphatic carbocycles. The van der Waals surface area contributed by atoms with Gasteiger partial charge in [-0.25, -0.2) is 4.79 Å². The Labute approximate surface area is 177 Å². The number of aliphatic hydroxyl groups is 1. The molecule has 5 unspecified atom stereocenters. The fraction of sp³-hybridized carbons (Fsp3) is 0.647. The topological polar surface area (TPSA) is 251 Å². The third kappa shape index (κ3) is 9.86. The van der Waals surface area contributed by atoms with E-state index in [0.29, 0.717) is 6.42 Å². The Morgan fingerprint density at radius 1 is 0.839 bits per heavy atom. The van der Waals surface area contributed by atoms with Gasteiger partial charge in [0.1, 0.15) is 18.1 Å². The summed E-state index contributed by atoms with van der Waals surface area (Å²) in [5.74, 6) is -7.33. The highest BCUT2D eigenvalue weighted by atomic mass is 16.4. The van der Waals surface area contributed by atoms with Crippen LogP contribution in [-0.2, 0) is 28.8 Å². The molecule has 0 aromatic heterocycles. The van der Waals surface area contributed by atoms with Crippen LogP contribution in [0.4, 0.5) is 0 Å². The molecular formula is C17H29N5O9. The number of primary amides is 1. The molecule has 14 nitrogen and oxygen atoms in total. The highest BCUT2D eigenvalue weighted by molar-refractivity contribution is 5.96. The Morgan fingerprint density at radius 2 is 1.32 bits per heavy atom. The lowest BCUT2D eigenvalue weighted by Crippen LogP contribution is -2.59. The first-order valence-electron chi connectivity index (χ1n) is 9.34. The van der Waals surface area contributed by atoms with E-state index in [-0.39, 0.29) is 5.92 Å². The van der Waals surface area contributed by atoms with Crippen LogP contribution in [0.25, 0.3) is 0 Å². The minimum Gasteiger partial charge on any atom is -0.481 e. The number of hydrogen-bond donors (Lipinski definition) is 8. The van der Waals surface area contributed by atoms with Crippen LogP contribution in [0, 0.1) is 5.92 Å². The van der Waals surface area contributed by atoms with Crippen molar-refractivity contribution in [1.29, 1.82) is 0 Å². The zero-order valence-corrected chi connectivity index (χ0v) is 17.2. The number of aliphatic carboxylic acids is 2. The fourth-order valence-electron chi connectivity index (χ4n) is 2.30. The van der Waals surface area contributed by atoms with Gasteiger partial charge in [-0.1, -0.05) is 20.3 Å². The summed E-state index contributed by atoms with van der Waals surface area (Å²) in [7, 11) is 0. The molecule has 14 heteroatoms. The molecule has 0 fully saturated rings. The van der Waals surface area contributed by atoms with Gasteiger partial charge in [-0.05, 0) is 5.92 Å². The van der Waals surface area contributed by atoms with Crippen molar-refractivity contribution in [1.82, 2.24) is 16.0 Å². The van der Waals surface area contributed by atoms with E-state index in [0.717, 1.165) is 0 Å². The number of carbonyl (C=O) groups excluding carboxylic acids is 4. The molecule has 0 radical (unpaired) electrons. The average molecular weight is 447 g/mol. The number of carboxylic acids is 2. The van der Waals surface area contributed by atoms with E-state index in [1.54, 1.807) is 13.8 Å². The third-order valence-corrected chi connectivity index (χ3v) is 4.41. The molecule has 10 N–H and O–H groups in total. The monoisotopic (exact) mass is 447 g/mol. The van der Waals surface area contributed by atoms with Crippen LogP contribution >= 0.6 is 0 Å². The second-order valence-corrected chi connectivity index (χ2v) is 6.88. The number of hydrogen-bond acceptors (Lipinski definition) is 8. The average Bonchev–Trinajstić information content (AvgIpc) is 2.68. The van der Waals surface area contributed by atoms with E-state index in [4.69, 9.17) is 21.7 Å². The number of nitrogens with two attached hydrogens (primary N) is 2. The summed E-state index contributed by atoms with van der Waals surface area (Å²) in [5.41, 5.74) is 10.9. The van der Waals surface area contributed by atoms with Gasteiger partial charge < -0.3 is 42.7 Å². The summed E-state index contributed by atoms with van der Waals surface area (Å²) in [5, 5.41) is 33.2. The largest absolute Gasteiger partial charge is 0.481 e. The predicted molar refractivity (Wildman–Crippen MR) is 104 cm³/mol. The summed E-state index contributed by atoms with van der Waals surface area (Å²) in [6.45, 7) is 2.51. The molecule has 0 saturated heterocycles. The van der Waals surface area contributed by atoms with E-state index in [2.05, 4.69) is 10.6 Å². The molecule has 176 valence electrons. The summed E-state index contributed by atoms with van der Waals surface area (Å²) >= 11 is 0. The van der Waals surface area contributed by atoms with Crippen LogP contribution in [0.2, 0.25) is 0 Å². The van der Waals surface area contributed by atoms with Gasteiger partial charge >= 0.3 is 11.9 Å². The van der Waals surface area contributed by atoms with Crippen LogP contribution in [0.5, 0.6) is 0 Å². The van der Waals surface area contributed by atoms with Crippen molar-refractivity contribution in [2.45, 2.75) is 57.3 Å². The molecule has 0 heterocycles.